The topological polar surface area (TPSA) is 72.5 Å². The van der Waals surface area contributed by atoms with Crippen LogP contribution in [0.25, 0.3) is 0 Å². The molecule has 1 atom stereocenters. The lowest BCUT2D eigenvalue weighted by atomic mass is 10.1. The van der Waals surface area contributed by atoms with E-state index < -0.39 is 0 Å². The number of anilines is 2. The summed E-state index contributed by atoms with van der Waals surface area (Å²) in [6.45, 7) is 4.77. The highest BCUT2D eigenvalue weighted by atomic mass is 32.1. The lowest BCUT2D eigenvalue weighted by Gasteiger charge is -2.12. The third kappa shape index (κ3) is 4.84. The van der Waals surface area contributed by atoms with Gasteiger partial charge in [-0.2, -0.15) is 5.10 Å². The molecule has 112 valence electrons. The molecule has 21 heavy (non-hydrogen) atoms. The molecule has 1 aromatic carbocycles. The van der Waals surface area contributed by atoms with E-state index in [-0.39, 0.29) is 6.10 Å². The van der Waals surface area contributed by atoms with Crippen molar-refractivity contribution in [2.45, 2.75) is 33.0 Å². The zero-order valence-electron chi connectivity index (χ0n) is 12.2. The van der Waals surface area contributed by atoms with E-state index in [0.29, 0.717) is 17.6 Å². The molecule has 0 saturated heterocycles. The van der Waals surface area contributed by atoms with E-state index in [4.69, 9.17) is 10.5 Å². The number of thiazole rings is 1. The van der Waals surface area contributed by atoms with E-state index in [2.05, 4.69) is 29.4 Å². The molecule has 2 aromatic rings. The van der Waals surface area contributed by atoms with E-state index in [9.17, 15) is 0 Å². The summed E-state index contributed by atoms with van der Waals surface area (Å²) in [6, 6.07) is 8.04. The Morgan fingerprint density at radius 2 is 2.29 bits per heavy atom. The van der Waals surface area contributed by atoms with Crippen molar-refractivity contribution in [1.29, 1.82) is 0 Å². The first kappa shape index (κ1) is 15.5. The van der Waals surface area contributed by atoms with Gasteiger partial charge in [0.15, 0.2) is 0 Å². The number of hydrazone groups is 1. The highest BCUT2D eigenvalue weighted by Gasteiger charge is 2.03. The largest absolute Gasteiger partial charge is 0.383 e. The van der Waals surface area contributed by atoms with Gasteiger partial charge in [-0.25, -0.2) is 4.98 Å². The predicted molar refractivity (Wildman–Crippen MR) is 88.7 cm³/mol. The molecule has 0 aliphatic carbocycles. The quantitative estimate of drug-likeness (QED) is 0.606. The van der Waals surface area contributed by atoms with E-state index in [1.807, 2.05) is 24.3 Å². The van der Waals surface area contributed by atoms with E-state index >= 15 is 0 Å². The van der Waals surface area contributed by atoms with Crippen LogP contribution in [0.1, 0.15) is 31.4 Å². The van der Waals surface area contributed by atoms with Gasteiger partial charge in [-0.05, 0) is 18.9 Å². The lowest BCUT2D eigenvalue weighted by molar-refractivity contribution is 0.0508. The first-order valence-electron chi connectivity index (χ1n) is 6.88. The van der Waals surface area contributed by atoms with Crippen LogP contribution in [0.2, 0.25) is 0 Å². The summed E-state index contributed by atoms with van der Waals surface area (Å²) >= 11 is 1.42. The minimum Gasteiger partial charge on any atom is -0.383 e. The molecule has 0 saturated carbocycles. The Kier molecular flexibility index (Phi) is 5.71. The molecular weight excluding hydrogens is 284 g/mol. The second-order valence-electron chi connectivity index (χ2n) is 4.68. The summed E-state index contributed by atoms with van der Waals surface area (Å²) in [4.78, 5) is 4.08. The van der Waals surface area contributed by atoms with Crippen molar-refractivity contribution in [2.24, 2.45) is 5.10 Å². The molecule has 1 aromatic heterocycles. The fourth-order valence-electron chi connectivity index (χ4n) is 1.64. The van der Waals surface area contributed by atoms with Gasteiger partial charge in [0.1, 0.15) is 5.82 Å². The average Bonchev–Trinajstić information content (AvgIpc) is 2.91. The monoisotopic (exact) mass is 304 g/mol. The Hall–Kier alpha value is -1.92. The molecule has 0 bridgehead atoms. The number of benzene rings is 1. The summed E-state index contributed by atoms with van der Waals surface area (Å²) in [7, 11) is 0. The number of hydrogen-bond donors (Lipinski definition) is 2. The fraction of sp³-hybridized carbons (Fsp3) is 0.333. The average molecular weight is 304 g/mol. The molecule has 2 rings (SSSR count). The van der Waals surface area contributed by atoms with Crippen LogP contribution in [0.15, 0.2) is 34.7 Å². The summed E-state index contributed by atoms with van der Waals surface area (Å²) in [5.41, 5.74) is 10.6. The number of rotatable bonds is 7. The molecule has 0 spiro atoms. The Morgan fingerprint density at radius 3 is 3.00 bits per heavy atom. The summed E-state index contributed by atoms with van der Waals surface area (Å²) < 4.78 is 5.78. The zero-order valence-corrected chi connectivity index (χ0v) is 13.1. The maximum absolute atomic E-state index is 5.78. The van der Waals surface area contributed by atoms with Gasteiger partial charge in [-0.3, -0.25) is 5.43 Å². The third-order valence-corrected chi connectivity index (χ3v) is 3.80. The van der Waals surface area contributed by atoms with Crippen molar-refractivity contribution in [1.82, 2.24) is 4.98 Å². The molecule has 0 aliphatic rings. The number of nitrogens with one attached hydrogen (secondary N) is 1. The molecule has 0 fully saturated rings. The summed E-state index contributed by atoms with van der Waals surface area (Å²) in [5.74, 6) is 0.500. The first-order chi connectivity index (χ1) is 10.2. The number of nitrogens with two attached hydrogens (primary N) is 1. The lowest BCUT2D eigenvalue weighted by Crippen LogP contribution is -2.07. The number of aromatic nitrogens is 1. The normalized spacial score (nSPS) is 12.7. The third-order valence-electron chi connectivity index (χ3n) is 3.04. The van der Waals surface area contributed by atoms with Crippen molar-refractivity contribution in [3.05, 3.63) is 40.8 Å². The van der Waals surface area contributed by atoms with Gasteiger partial charge in [-0.1, -0.05) is 31.2 Å². The van der Waals surface area contributed by atoms with Crippen LogP contribution in [0, 0.1) is 0 Å². The SMILES string of the molecule is CCC(C)OCc1ccccc1C=NNc1nc(N)cs1. The van der Waals surface area contributed by atoms with Crippen molar-refractivity contribution in [3.63, 3.8) is 0 Å². The van der Waals surface area contributed by atoms with Crippen molar-refractivity contribution >= 4 is 28.5 Å². The summed E-state index contributed by atoms with van der Waals surface area (Å²) in [5, 5.41) is 6.64. The van der Waals surface area contributed by atoms with Gasteiger partial charge >= 0.3 is 0 Å². The van der Waals surface area contributed by atoms with E-state index in [0.717, 1.165) is 17.5 Å². The Morgan fingerprint density at radius 1 is 1.48 bits per heavy atom. The highest BCUT2D eigenvalue weighted by Crippen LogP contribution is 2.16. The highest BCUT2D eigenvalue weighted by molar-refractivity contribution is 7.14. The predicted octanol–water partition coefficient (Wildman–Crippen LogP) is 3.49. The van der Waals surface area contributed by atoms with E-state index in [1.165, 1.54) is 11.3 Å². The minimum absolute atomic E-state index is 0.256. The van der Waals surface area contributed by atoms with Gasteiger partial charge in [0.2, 0.25) is 5.13 Å². The van der Waals surface area contributed by atoms with Crippen LogP contribution in [0.5, 0.6) is 0 Å². The second kappa shape index (κ2) is 7.75. The standard InChI is InChI=1S/C15H20N4OS/c1-3-11(2)20-9-13-7-5-4-6-12(13)8-17-19-15-18-14(16)10-21-15/h4-8,10-11H,3,9,16H2,1-2H3,(H,18,19). The molecule has 3 N–H and O–H groups in total. The first-order valence-corrected chi connectivity index (χ1v) is 7.76. The van der Waals surface area contributed by atoms with Crippen LogP contribution >= 0.6 is 11.3 Å². The second-order valence-corrected chi connectivity index (χ2v) is 5.53. The summed E-state index contributed by atoms with van der Waals surface area (Å²) in [6.07, 6.45) is 3.03. The molecule has 1 unspecified atom stereocenters. The molecule has 6 heteroatoms. The van der Waals surface area contributed by atoms with Crippen molar-refractivity contribution in [2.75, 3.05) is 11.2 Å². The molecule has 5 nitrogen and oxygen atoms in total. The van der Waals surface area contributed by atoms with Gasteiger partial charge in [-0.15, -0.1) is 11.3 Å². The van der Waals surface area contributed by atoms with Crippen molar-refractivity contribution in [3.8, 4) is 0 Å². The van der Waals surface area contributed by atoms with Crippen LogP contribution in [0.3, 0.4) is 0 Å². The fourth-order valence-corrected chi connectivity index (χ4v) is 2.18. The maximum Gasteiger partial charge on any atom is 0.205 e. The zero-order chi connectivity index (χ0) is 15.1. The molecule has 0 radical (unpaired) electrons. The van der Waals surface area contributed by atoms with Gasteiger partial charge in [0.05, 0.1) is 18.9 Å². The van der Waals surface area contributed by atoms with Crippen molar-refractivity contribution < 1.29 is 4.74 Å². The molecule has 0 amide bonds. The Bertz CT molecular complexity index is 597. The van der Waals surface area contributed by atoms with Crippen LogP contribution < -0.4 is 11.2 Å². The van der Waals surface area contributed by atoms with Gasteiger partial charge in [0.25, 0.3) is 0 Å². The maximum atomic E-state index is 5.78. The molecular formula is C15H20N4OS. The minimum atomic E-state index is 0.256. The van der Waals surface area contributed by atoms with Gasteiger partial charge < -0.3 is 10.5 Å². The number of hydrogen-bond acceptors (Lipinski definition) is 6. The number of ether oxygens (including phenoxy) is 1. The van der Waals surface area contributed by atoms with Gasteiger partial charge in [0, 0.05) is 10.9 Å². The Balaban J connectivity index is 1.98. The van der Waals surface area contributed by atoms with E-state index in [1.54, 1.807) is 11.6 Å². The van der Waals surface area contributed by atoms with Crippen LogP contribution in [0.4, 0.5) is 10.9 Å². The molecule has 1 heterocycles. The van der Waals surface area contributed by atoms with Crippen LogP contribution in [-0.2, 0) is 11.3 Å². The number of nitrogens with zero attached hydrogens (tertiary/aromatic N) is 2. The Labute approximate surface area is 128 Å². The smallest absolute Gasteiger partial charge is 0.205 e. The molecule has 0 aliphatic heterocycles. The number of nitrogen functional groups attached to an aromatic ring is 1. The van der Waals surface area contributed by atoms with Crippen LogP contribution in [-0.4, -0.2) is 17.3 Å².